The number of pyridine rings is 1. The summed E-state index contributed by atoms with van der Waals surface area (Å²) >= 11 is 0. The van der Waals surface area contributed by atoms with E-state index in [0.717, 1.165) is 18.7 Å². The molecule has 0 saturated heterocycles. The number of hydrogen-bond donors (Lipinski definition) is 0. The second-order valence-electron chi connectivity index (χ2n) is 4.40. The van der Waals surface area contributed by atoms with E-state index < -0.39 is 0 Å². The first-order valence-corrected chi connectivity index (χ1v) is 7.02. The van der Waals surface area contributed by atoms with Gasteiger partial charge in [0.25, 0.3) is 0 Å². The van der Waals surface area contributed by atoms with E-state index in [0.29, 0.717) is 18.7 Å². The minimum Gasteiger partial charge on any atom is -0.465 e. The standard InChI is InChI=1S/C15H22N2O3/c1-4-9-17(11-15(19)20-6-3)12-7-8-13(16-10-12)14(18)5-2/h7-8,10H,4-6,9,11H2,1-3H3. The van der Waals surface area contributed by atoms with Crippen LogP contribution in [0.15, 0.2) is 18.3 Å². The Hall–Kier alpha value is -1.91. The molecule has 0 aliphatic carbocycles. The highest BCUT2D eigenvalue weighted by molar-refractivity contribution is 5.94. The molecule has 0 fully saturated rings. The minimum absolute atomic E-state index is 0.0176. The van der Waals surface area contributed by atoms with Gasteiger partial charge in [0.05, 0.1) is 18.5 Å². The van der Waals surface area contributed by atoms with Crippen LogP contribution in [0.1, 0.15) is 44.1 Å². The van der Waals surface area contributed by atoms with E-state index in [1.807, 2.05) is 24.8 Å². The summed E-state index contributed by atoms with van der Waals surface area (Å²) in [7, 11) is 0. The van der Waals surface area contributed by atoms with E-state index in [2.05, 4.69) is 4.98 Å². The van der Waals surface area contributed by atoms with Crippen molar-refractivity contribution in [3.8, 4) is 0 Å². The fraction of sp³-hybridized carbons (Fsp3) is 0.533. The summed E-state index contributed by atoms with van der Waals surface area (Å²) in [5.74, 6) is -0.237. The first-order valence-electron chi connectivity index (χ1n) is 7.02. The summed E-state index contributed by atoms with van der Waals surface area (Å²) in [6.45, 7) is 6.95. The molecule has 0 aromatic carbocycles. The lowest BCUT2D eigenvalue weighted by molar-refractivity contribution is -0.141. The number of esters is 1. The summed E-state index contributed by atoms with van der Waals surface area (Å²) in [6, 6.07) is 3.53. The van der Waals surface area contributed by atoms with Crippen LogP contribution in [0.3, 0.4) is 0 Å². The van der Waals surface area contributed by atoms with Gasteiger partial charge in [0.15, 0.2) is 5.78 Å². The van der Waals surface area contributed by atoms with Crippen LogP contribution in [0.2, 0.25) is 0 Å². The van der Waals surface area contributed by atoms with Crippen molar-refractivity contribution in [3.05, 3.63) is 24.0 Å². The highest BCUT2D eigenvalue weighted by Gasteiger charge is 2.13. The van der Waals surface area contributed by atoms with Gasteiger partial charge in [-0.1, -0.05) is 13.8 Å². The second kappa shape index (κ2) is 8.30. The van der Waals surface area contributed by atoms with Crippen molar-refractivity contribution >= 4 is 17.4 Å². The van der Waals surface area contributed by atoms with Gasteiger partial charge in [-0.3, -0.25) is 14.6 Å². The molecule has 0 radical (unpaired) electrons. The van der Waals surface area contributed by atoms with Gasteiger partial charge >= 0.3 is 5.97 Å². The first-order chi connectivity index (χ1) is 9.62. The Morgan fingerprint density at radius 3 is 2.50 bits per heavy atom. The first kappa shape index (κ1) is 16.1. The molecule has 1 heterocycles. The van der Waals surface area contributed by atoms with Crippen LogP contribution < -0.4 is 4.90 Å². The van der Waals surface area contributed by atoms with Crippen LogP contribution in [-0.2, 0) is 9.53 Å². The van der Waals surface area contributed by atoms with Crippen molar-refractivity contribution in [2.24, 2.45) is 0 Å². The Morgan fingerprint density at radius 1 is 1.25 bits per heavy atom. The van der Waals surface area contributed by atoms with Gasteiger partial charge in [-0.2, -0.15) is 0 Å². The lowest BCUT2D eigenvalue weighted by Crippen LogP contribution is -2.31. The molecule has 5 heteroatoms. The van der Waals surface area contributed by atoms with E-state index in [4.69, 9.17) is 4.74 Å². The Balaban J connectivity index is 2.81. The number of nitrogens with zero attached hydrogens (tertiary/aromatic N) is 2. The smallest absolute Gasteiger partial charge is 0.325 e. The zero-order chi connectivity index (χ0) is 15.0. The maximum Gasteiger partial charge on any atom is 0.325 e. The van der Waals surface area contributed by atoms with E-state index in [1.165, 1.54) is 0 Å². The van der Waals surface area contributed by atoms with Crippen molar-refractivity contribution in [2.45, 2.75) is 33.6 Å². The lowest BCUT2D eigenvalue weighted by atomic mass is 10.2. The summed E-state index contributed by atoms with van der Waals surface area (Å²) in [5.41, 5.74) is 1.29. The topological polar surface area (TPSA) is 59.5 Å². The lowest BCUT2D eigenvalue weighted by Gasteiger charge is -2.22. The van der Waals surface area contributed by atoms with E-state index in [-0.39, 0.29) is 18.3 Å². The third kappa shape index (κ3) is 4.64. The Labute approximate surface area is 119 Å². The quantitative estimate of drug-likeness (QED) is 0.540. The van der Waals surface area contributed by atoms with Gasteiger partial charge < -0.3 is 9.64 Å². The predicted octanol–water partition coefficient (Wildman–Crippen LogP) is 2.45. The molecule has 1 aromatic rings. The summed E-state index contributed by atoms with van der Waals surface area (Å²) in [6.07, 6.45) is 2.99. The molecule has 0 aliphatic rings. The number of ether oxygens (including phenoxy) is 1. The van der Waals surface area contributed by atoms with Crippen molar-refractivity contribution < 1.29 is 14.3 Å². The maximum atomic E-state index is 11.6. The molecule has 1 rings (SSSR count). The second-order valence-corrected chi connectivity index (χ2v) is 4.40. The molecule has 110 valence electrons. The fourth-order valence-corrected chi connectivity index (χ4v) is 1.85. The van der Waals surface area contributed by atoms with Crippen molar-refractivity contribution in [1.82, 2.24) is 4.98 Å². The molecule has 0 amide bonds. The zero-order valence-corrected chi connectivity index (χ0v) is 12.4. The Bertz CT molecular complexity index is 443. The van der Waals surface area contributed by atoms with Gasteiger partial charge in [0.2, 0.25) is 0 Å². The highest BCUT2D eigenvalue weighted by atomic mass is 16.5. The summed E-state index contributed by atoms with van der Waals surface area (Å²) < 4.78 is 4.96. The number of hydrogen-bond acceptors (Lipinski definition) is 5. The SMILES string of the molecule is CCCN(CC(=O)OCC)c1ccc(C(=O)CC)nc1. The Kier molecular flexibility index (Phi) is 6.70. The van der Waals surface area contributed by atoms with Gasteiger partial charge in [0, 0.05) is 13.0 Å². The minimum atomic E-state index is -0.255. The summed E-state index contributed by atoms with van der Waals surface area (Å²) in [4.78, 5) is 29.2. The van der Waals surface area contributed by atoms with E-state index >= 15 is 0 Å². The average Bonchev–Trinajstić information content (AvgIpc) is 2.46. The fourth-order valence-electron chi connectivity index (χ4n) is 1.85. The van der Waals surface area contributed by atoms with Crippen molar-refractivity contribution in [3.63, 3.8) is 0 Å². The molecule has 0 N–H and O–H groups in total. The van der Waals surface area contributed by atoms with Crippen LogP contribution in [0.5, 0.6) is 0 Å². The molecule has 0 aliphatic heterocycles. The van der Waals surface area contributed by atoms with Crippen LogP contribution in [0.4, 0.5) is 5.69 Å². The molecule has 20 heavy (non-hydrogen) atoms. The van der Waals surface area contributed by atoms with Crippen LogP contribution in [-0.4, -0.2) is 36.4 Å². The Morgan fingerprint density at radius 2 is 2.00 bits per heavy atom. The molecular weight excluding hydrogens is 256 g/mol. The third-order valence-electron chi connectivity index (χ3n) is 2.84. The van der Waals surface area contributed by atoms with Gasteiger partial charge in [-0.15, -0.1) is 0 Å². The molecule has 0 bridgehead atoms. The molecule has 0 saturated carbocycles. The molecule has 0 unspecified atom stereocenters. The number of ketones is 1. The van der Waals surface area contributed by atoms with Gasteiger partial charge in [-0.05, 0) is 25.5 Å². The number of Topliss-reactive ketones (excluding diaryl/α,β-unsaturated/α-hetero) is 1. The third-order valence-corrected chi connectivity index (χ3v) is 2.84. The highest BCUT2D eigenvalue weighted by Crippen LogP contribution is 2.14. The maximum absolute atomic E-state index is 11.6. The number of aromatic nitrogens is 1. The number of carbonyl (C=O) groups excluding carboxylic acids is 2. The normalized spacial score (nSPS) is 10.2. The summed E-state index contributed by atoms with van der Waals surface area (Å²) in [5, 5.41) is 0. The molecule has 1 aromatic heterocycles. The van der Waals surface area contributed by atoms with Crippen LogP contribution >= 0.6 is 0 Å². The predicted molar refractivity (Wildman–Crippen MR) is 78.0 cm³/mol. The number of anilines is 1. The van der Waals surface area contributed by atoms with Crippen molar-refractivity contribution in [1.29, 1.82) is 0 Å². The number of rotatable bonds is 8. The van der Waals surface area contributed by atoms with Gasteiger partial charge in [-0.25, -0.2) is 0 Å². The molecule has 0 atom stereocenters. The molecule has 0 spiro atoms. The van der Waals surface area contributed by atoms with Crippen LogP contribution in [0, 0.1) is 0 Å². The largest absolute Gasteiger partial charge is 0.465 e. The zero-order valence-electron chi connectivity index (χ0n) is 12.4. The monoisotopic (exact) mass is 278 g/mol. The molecular formula is C15H22N2O3. The molecule has 5 nitrogen and oxygen atoms in total. The van der Waals surface area contributed by atoms with Gasteiger partial charge in [0.1, 0.15) is 12.2 Å². The average molecular weight is 278 g/mol. The van der Waals surface area contributed by atoms with Crippen molar-refractivity contribution in [2.75, 3.05) is 24.6 Å². The van der Waals surface area contributed by atoms with E-state index in [9.17, 15) is 9.59 Å². The van der Waals surface area contributed by atoms with E-state index in [1.54, 1.807) is 19.2 Å². The van der Waals surface area contributed by atoms with Crippen LogP contribution in [0.25, 0.3) is 0 Å². The number of carbonyl (C=O) groups is 2.